The highest BCUT2D eigenvalue weighted by molar-refractivity contribution is 7.39. The molecule has 106 valence electrons. The Morgan fingerprint density at radius 3 is 2.47 bits per heavy atom. The van der Waals surface area contributed by atoms with Gasteiger partial charge in [0.05, 0.1) is 12.2 Å². The summed E-state index contributed by atoms with van der Waals surface area (Å²) in [4.78, 5) is 11.5. The molecule has 1 aromatic carbocycles. The van der Waals surface area contributed by atoms with Gasteiger partial charge in [-0.25, -0.2) is 4.79 Å². The highest BCUT2D eigenvalue weighted by Gasteiger charge is 2.05. The first-order valence-corrected chi connectivity index (χ1v) is 8.02. The van der Waals surface area contributed by atoms with Gasteiger partial charge in [0.25, 0.3) is 0 Å². The summed E-state index contributed by atoms with van der Waals surface area (Å²) in [6, 6.07) is 7.44. The lowest BCUT2D eigenvalue weighted by Crippen LogP contribution is -2.04. The molecule has 0 aromatic heterocycles. The predicted molar refractivity (Wildman–Crippen MR) is 76.2 cm³/mol. The van der Waals surface area contributed by atoms with Crippen molar-refractivity contribution in [2.75, 3.05) is 19.9 Å². The van der Waals surface area contributed by atoms with Crippen LogP contribution in [-0.4, -0.2) is 25.8 Å². The van der Waals surface area contributed by atoms with E-state index in [0.29, 0.717) is 18.3 Å². The van der Waals surface area contributed by atoms with Gasteiger partial charge in [-0.2, -0.15) is 0 Å². The molecule has 0 saturated carbocycles. The first-order chi connectivity index (χ1) is 9.17. The number of carbonyl (C=O) groups is 1. The van der Waals surface area contributed by atoms with Crippen molar-refractivity contribution in [3.63, 3.8) is 0 Å². The summed E-state index contributed by atoms with van der Waals surface area (Å²) in [5, 5.41) is 0. The number of aryl methyl sites for hydroxylation is 1. The van der Waals surface area contributed by atoms with E-state index in [1.54, 1.807) is 19.1 Å². The fourth-order valence-corrected chi connectivity index (χ4v) is 2.47. The summed E-state index contributed by atoms with van der Waals surface area (Å²) in [7, 11) is -0.336. The number of esters is 1. The molecule has 0 aliphatic carbocycles. The molecular weight excluding hydrogens is 263 g/mol. The van der Waals surface area contributed by atoms with Gasteiger partial charge < -0.3 is 9.26 Å². The molecule has 0 fully saturated rings. The lowest BCUT2D eigenvalue weighted by atomic mass is 10.1. The summed E-state index contributed by atoms with van der Waals surface area (Å²) in [5.74, 6) is -0.284. The summed E-state index contributed by atoms with van der Waals surface area (Å²) in [5.41, 5.74) is 1.75. The Kier molecular flexibility index (Phi) is 7.46. The van der Waals surface area contributed by atoms with Crippen LogP contribution in [0.15, 0.2) is 24.3 Å². The van der Waals surface area contributed by atoms with Crippen LogP contribution in [0, 0.1) is 0 Å². The third-order valence-corrected chi connectivity index (χ3v) is 4.01. The SMILES string of the molecule is CCOC(=O)c1ccc(CCCC[PH](=O)OC)cc1. The van der Waals surface area contributed by atoms with Gasteiger partial charge in [0.1, 0.15) is 0 Å². The average Bonchev–Trinajstić information content (AvgIpc) is 2.44. The Hall–Kier alpha value is -1.12. The maximum Gasteiger partial charge on any atom is 0.338 e. The Labute approximate surface area is 115 Å². The quantitative estimate of drug-likeness (QED) is 0.417. The maximum atomic E-state index is 11.5. The van der Waals surface area contributed by atoms with Crippen LogP contribution in [0.4, 0.5) is 0 Å². The van der Waals surface area contributed by atoms with Crippen LogP contribution < -0.4 is 0 Å². The van der Waals surface area contributed by atoms with Gasteiger partial charge in [0.2, 0.25) is 0 Å². The Morgan fingerprint density at radius 1 is 1.21 bits per heavy atom. The smallest absolute Gasteiger partial charge is 0.338 e. The van der Waals surface area contributed by atoms with E-state index in [1.165, 1.54) is 12.7 Å². The molecular formula is C14H21O4P. The highest BCUT2D eigenvalue weighted by atomic mass is 31.1. The number of rotatable bonds is 8. The zero-order valence-corrected chi connectivity index (χ0v) is 12.5. The molecule has 0 amide bonds. The zero-order chi connectivity index (χ0) is 14.1. The van der Waals surface area contributed by atoms with Crippen LogP contribution >= 0.6 is 8.03 Å². The molecule has 0 radical (unpaired) electrons. The Bertz CT molecular complexity index is 414. The van der Waals surface area contributed by atoms with Gasteiger partial charge in [-0.15, -0.1) is 0 Å². The molecule has 0 bridgehead atoms. The molecule has 1 rings (SSSR count). The van der Waals surface area contributed by atoms with E-state index in [0.717, 1.165) is 19.3 Å². The van der Waals surface area contributed by atoms with E-state index < -0.39 is 8.03 Å². The van der Waals surface area contributed by atoms with Crippen molar-refractivity contribution in [1.29, 1.82) is 0 Å². The fraction of sp³-hybridized carbons (Fsp3) is 0.500. The molecule has 0 aliphatic rings. The van der Waals surface area contributed by atoms with Gasteiger partial charge in [0.15, 0.2) is 8.03 Å². The summed E-state index contributed by atoms with van der Waals surface area (Å²) < 4.78 is 20.8. The first kappa shape index (κ1) is 15.9. The predicted octanol–water partition coefficient (Wildman–Crippen LogP) is 3.31. The molecule has 19 heavy (non-hydrogen) atoms. The third kappa shape index (κ3) is 6.04. The van der Waals surface area contributed by atoms with Crippen molar-refractivity contribution in [2.24, 2.45) is 0 Å². The molecule has 1 unspecified atom stereocenters. The van der Waals surface area contributed by atoms with E-state index in [9.17, 15) is 9.36 Å². The zero-order valence-electron chi connectivity index (χ0n) is 11.5. The monoisotopic (exact) mass is 284 g/mol. The van der Waals surface area contributed by atoms with Crippen LogP contribution in [0.5, 0.6) is 0 Å². The molecule has 5 heteroatoms. The maximum absolute atomic E-state index is 11.5. The second-order valence-corrected chi connectivity index (χ2v) is 5.85. The lowest BCUT2D eigenvalue weighted by molar-refractivity contribution is 0.0526. The van der Waals surface area contributed by atoms with Crippen molar-refractivity contribution in [3.8, 4) is 0 Å². The van der Waals surface area contributed by atoms with E-state index >= 15 is 0 Å². The second-order valence-electron chi connectivity index (χ2n) is 4.20. The van der Waals surface area contributed by atoms with Crippen molar-refractivity contribution in [3.05, 3.63) is 35.4 Å². The average molecular weight is 284 g/mol. The van der Waals surface area contributed by atoms with E-state index in [1.807, 2.05) is 12.1 Å². The summed E-state index contributed by atoms with van der Waals surface area (Å²) in [6.45, 7) is 2.18. The van der Waals surface area contributed by atoms with Crippen molar-refractivity contribution < 1.29 is 18.6 Å². The van der Waals surface area contributed by atoms with Gasteiger partial charge in [-0.3, -0.25) is 4.57 Å². The standard InChI is InChI=1S/C14H21O4P/c1-3-18-14(15)13-9-7-12(8-10-13)6-4-5-11-19(16)17-2/h7-10,19H,3-6,11H2,1-2H3. The van der Waals surface area contributed by atoms with Crippen molar-refractivity contribution in [2.45, 2.75) is 26.2 Å². The largest absolute Gasteiger partial charge is 0.462 e. The number of hydrogen-bond donors (Lipinski definition) is 0. The van der Waals surface area contributed by atoms with Crippen LogP contribution in [0.1, 0.15) is 35.7 Å². The second kappa shape index (κ2) is 8.89. The lowest BCUT2D eigenvalue weighted by Gasteiger charge is -2.04. The molecule has 0 aliphatic heterocycles. The van der Waals surface area contributed by atoms with Crippen LogP contribution in [0.3, 0.4) is 0 Å². The molecule has 0 heterocycles. The highest BCUT2D eigenvalue weighted by Crippen LogP contribution is 2.22. The number of carbonyl (C=O) groups excluding carboxylic acids is 1. The molecule has 0 spiro atoms. The van der Waals surface area contributed by atoms with E-state index in [4.69, 9.17) is 9.26 Å². The minimum Gasteiger partial charge on any atom is -0.462 e. The van der Waals surface area contributed by atoms with Gasteiger partial charge in [-0.1, -0.05) is 12.1 Å². The molecule has 4 nitrogen and oxygen atoms in total. The molecule has 1 atom stereocenters. The van der Waals surface area contributed by atoms with Crippen LogP contribution in [0.2, 0.25) is 0 Å². The van der Waals surface area contributed by atoms with Crippen molar-refractivity contribution >= 4 is 14.0 Å². The van der Waals surface area contributed by atoms with Crippen molar-refractivity contribution in [1.82, 2.24) is 0 Å². The third-order valence-electron chi connectivity index (χ3n) is 2.79. The molecule has 1 aromatic rings. The van der Waals surface area contributed by atoms with Gasteiger partial charge in [-0.05, 0) is 43.9 Å². The number of benzene rings is 1. The number of hydrogen-bond acceptors (Lipinski definition) is 4. The summed E-state index contributed by atoms with van der Waals surface area (Å²) >= 11 is 0. The van der Waals surface area contributed by atoms with E-state index in [-0.39, 0.29) is 5.97 Å². The van der Waals surface area contributed by atoms with Gasteiger partial charge >= 0.3 is 5.97 Å². The fourth-order valence-electron chi connectivity index (χ4n) is 1.72. The topological polar surface area (TPSA) is 52.6 Å². The summed E-state index contributed by atoms with van der Waals surface area (Å²) in [6.07, 6.45) is 3.42. The Morgan fingerprint density at radius 2 is 1.89 bits per heavy atom. The number of unbranched alkanes of at least 4 members (excludes halogenated alkanes) is 1. The molecule has 0 saturated heterocycles. The number of ether oxygens (including phenoxy) is 1. The normalized spacial score (nSPS) is 12.1. The minimum absolute atomic E-state index is 0.284. The Balaban J connectivity index is 2.36. The van der Waals surface area contributed by atoms with Gasteiger partial charge in [0, 0.05) is 13.3 Å². The van der Waals surface area contributed by atoms with Crippen LogP contribution in [-0.2, 0) is 20.2 Å². The molecule has 0 N–H and O–H groups in total. The first-order valence-electron chi connectivity index (χ1n) is 6.50. The van der Waals surface area contributed by atoms with E-state index in [2.05, 4.69) is 0 Å². The van der Waals surface area contributed by atoms with Crippen LogP contribution in [0.25, 0.3) is 0 Å². The minimum atomic E-state index is -1.82.